The fourth-order valence-electron chi connectivity index (χ4n) is 2.83. The summed E-state index contributed by atoms with van der Waals surface area (Å²) < 4.78 is 15.9. The molecule has 0 aliphatic carbocycles. The standard InChI is InChI=1S/C20H20O7/c1-12-16(26-18(22)13-8-4-2-5-9-13)15(21)17(20(24)25-12)27-19(23)14-10-6-3-7-11-14/h2-12,15-17,20-21,24H,1H3/t12-,15+,16+,17-,20+/m0/s1. The number of hydrogen-bond acceptors (Lipinski definition) is 7. The fraction of sp³-hybridized carbons (Fsp3) is 0.300. The Morgan fingerprint density at radius 1 is 0.815 bits per heavy atom. The first kappa shape index (κ1) is 19.0. The second-order valence-corrected chi connectivity index (χ2v) is 6.19. The number of carbonyl (C=O) groups is 2. The van der Waals surface area contributed by atoms with E-state index in [1.165, 1.54) is 0 Å². The maximum Gasteiger partial charge on any atom is 0.338 e. The molecule has 3 rings (SSSR count). The molecule has 5 atom stereocenters. The highest BCUT2D eigenvalue weighted by molar-refractivity contribution is 5.90. The molecule has 0 unspecified atom stereocenters. The summed E-state index contributed by atoms with van der Waals surface area (Å²) in [5, 5.41) is 20.6. The average Bonchev–Trinajstić information content (AvgIpc) is 2.69. The van der Waals surface area contributed by atoms with Crippen LogP contribution in [0.3, 0.4) is 0 Å². The van der Waals surface area contributed by atoms with Crippen molar-refractivity contribution in [3.8, 4) is 0 Å². The zero-order valence-corrected chi connectivity index (χ0v) is 14.6. The first-order valence-corrected chi connectivity index (χ1v) is 8.51. The number of rotatable bonds is 4. The molecule has 27 heavy (non-hydrogen) atoms. The van der Waals surface area contributed by atoms with E-state index in [1.807, 2.05) is 0 Å². The van der Waals surface area contributed by atoms with Crippen molar-refractivity contribution in [2.75, 3.05) is 0 Å². The molecule has 0 aromatic heterocycles. The van der Waals surface area contributed by atoms with Crippen LogP contribution in [-0.2, 0) is 14.2 Å². The third-order valence-corrected chi connectivity index (χ3v) is 4.28. The highest BCUT2D eigenvalue weighted by atomic mass is 16.7. The van der Waals surface area contributed by atoms with Crippen LogP contribution in [0.15, 0.2) is 60.7 Å². The van der Waals surface area contributed by atoms with Gasteiger partial charge in [-0.2, -0.15) is 0 Å². The Labute approximate surface area is 156 Å². The van der Waals surface area contributed by atoms with Gasteiger partial charge in [0.05, 0.1) is 17.2 Å². The second-order valence-electron chi connectivity index (χ2n) is 6.19. The third-order valence-electron chi connectivity index (χ3n) is 4.28. The molecule has 2 N–H and O–H groups in total. The number of aliphatic hydroxyl groups is 2. The Balaban J connectivity index is 1.72. The molecule has 2 aromatic carbocycles. The summed E-state index contributed by atoms with van der Waals surface area (Å²) in [4.78, 5) is 24.5. The van der Waals surface area contributed by atoms with E-state index in [2.05, 4.69) is 0 Å². The van der Waals surface area contributed by atoms with Gasteiger partial charge in [-0.1, -0.05) is 36.4 Å². The van der Waals surface area contributed by atoms with Gasteiger partial charge in [-0.3, -0.25) is 0 Å². The van der Waals surface area contributed by atoms with Gasteiger partial charge < -0.3 is 24.4 Å². The number of aliphatic hydroxyl groups excluding tert-OH is 2. The van der Waals surface area contributed by atoms with Crippen molar-refractivity contribution in [2.45, 2.75) is 37.6 Å². The number of carbonyl (C=O) groups excluding carboxylic acids is 2. The van der Waals surface area contributed by atoms with Crippen LogP contribution in [0.25, 0.3) is 0 Å². The lowest BCUT2D eigenvalue weighted by Crippen LogP contribution is -2.59. The molecule has 0 spiro atoms. The largest absolute Gasteiger partial charge is 0.453 e. The number of hydrogen-bond donors (Lipinski definition) is 2. The van der Waals surface area contributed by atoms with Gasteiger partial charge in [0.25, 0.3) is 0 Å². The average molecular weight is 372 g/mol. The van der Waals surface area contributed by atoms with E-state index in [9.17, 15) is 19.8 Å². The maximum absolute atomic E-state index is 12.3. The quantitative estimate of drug-likeness (QED) is 0.785. The number of benzene rings is 2. The molecule has 1 aliphatic rings. The summed E-state index contributed by atoms with van der Waals surface area (Å²) in [6.07, 6.45) is -6.31. The minimum Gasteiger partial charge on any atom is -0.453 e. The van der Waals surface area contributed by atoms with E-state index in [-0.39, 0.29) is 5.56 Å². The molecule has 1 heterocycles. The van der Waals surface area contributed by atoms with E-state index < -0.39 is 42.6 Å². The Morgan fingerprint density at radius 3 is 1.74 bits per heavy atom. The van der Waals surface area contributed by atoms with Gasteiger partial charge in [0, 0.05) is 0 Å². The molecule has 0 bridgehead atoms. The van der Waals surface area contributed by atoms with Gasteiger partial charge in [0.2, 0.25) is 0 Å². The highest BCUT2D eigenvalue weighted by Crippen LogP contribution is 2.26. The monoisotopic (exact) mass is 372 g/mol. The smallest absolute Gasteiger partial charge is 0.338 e. The lowest BCUT2D eigenvalue weighted by atomic mass is 9.99. The van der Waals surface area contributed by atoms with Gasteiger partial charge in [0.15, 0.2) is 18.5 Å². The van der Waals surface area contributed by atoms with Crippen LogP contribution >= 0.6 is 0 Å². The van der Waals surface area contributed by atoms with E-state index in [0.717, 1.165) is 0 Å². The maximum atomic E-state index is 12.3. The van der Waals surface area contributed by atoms with E-state index in [1.54, 1.807) is 67.6 Å². The molecule has 0 amide bonds. The molecule has 1 fully saturated rings. The second kappa shape index (κ2) is 8.30. The molecule has 1 saturated heterocycles. The Morgan fingerprint density at radius 2 is 1.26 bits per heavy atom. The van der Waals surface area contributed by atoms with Crippen LogP contribution in [0, 0.1) is 0 Å². The molecule has 7 heteroatoms. The van der Waals surface area contributed by atoms with E-state index >= 15 is 0 Å². The number of ether oxygens (including phenoxy) is 3. The molecule has 0 saturated carbocycles. The predicted octanol–water partition coefficient (Wildman–Crippen LogP) is 1.54. The Bertz CT molecular complexity index is 712. The van der Waals surface area contributed by atoms with Crippen molar-refractivity contribution in [3.63, 3.8) is 0 Å². The van der Waals surface area contributed by atoms with Crippen molar-refractivity contribution >= 4 is 11.9 Å². The minimum absolute atomic E-state index is 0.258. The van der Waals surface area contributed by atoms with Crippen LogP contribution in [0.1, 0.15) is 27.6 Å². The fourth-order valence-corrected chi connectivity index (χ4v) is 2.83. The van der Waals surface area contributed by atoms with Gasteiger partial charge in [0.1, 0.15) is 6.10 Å². The molecule has 7 nitrogen and oxygen atoms in total. The van der Waals surface area contributed by atoms with E-state index in [4.69, 9.17) is 14.2 Å². The summed E-state index contributed by atoms with van der Waals surface area (Å²) in [5.41, 5.74) is 0.564. The summed E-state index contributed by atoms with van der Waals surface area (Å²) in [6, 6.07) is 16.4. The molecular formula is C20H20O7. The lowest BCUT2D eigenvalue weighted by molar-refractivity contribution is -0.276. The van der Waals surface area contributed by atoms with Crippen molar-refractivity contribution in [1.29, 1.82) is 0 Å². The van der Waals surface area contributed by atoms with Crippen LogP contribution in [-0.4, -0.2) is 52.9 Å². The zero-order valence-electron chi connectivity index (χ0n) is 14.6. The molecule has 142 valence electrons. The summed E-state index contributed by atoms with van der Waals surface area (Å²) >= 11 is 0. The first-order chi connectivity index (χ1) is 13.0. The van der Waals surface area contributed by atoms with Crippen molar-refractivity contribution in [3.05, 3.63) is 71.8 Å². The topological polar surface area (TPSA) is 102 Å². The number of esters is 2. The lowest BCUT2D eigenvalue weighted by Gasteiger charge is -2.40. The van der Waals surface area contributed by atoms with Crippen molar-refractivity contribution in [1.82, 2.24) is 0 Å². The first-order valence-electron chi connectivity index (χ1n) is 8.51. The summed E-state index contributed by atoms with van der Waals surface area (Å²) in [7, 11) is 0. The van der Waals surface area contributed by atoms with Crippen molar-refractivity contribution < 1.29 is 34.0 Å². The van der Waals surface area contributed by atoms with Crippen molar-refractivity contribution in [2.24, 2.45) is 0 Å². The highest BCUT2D eigenvalue weighted by Gasteiger charge is 2.47. The van der Waals surface area contributed by atoms with Crippen LogP contribution in [0.5, 0.6) is 0 Å². The van der Waals surface area contributed by atoms with Gasteiger partial charge in [-0.15, -0.1) is 0 Å². The van der Waals surface area contributed by atoms with Gasteiger partial charge in [-0.05, 0) is 31.2 Å². The van der Waals surface area contributed by atoms with Gasteiger partial charge >= 0.3 is 11.9 Å². The van der Waals surface area contributed by atoms with E-state index in [0.29, 0.717) is 5.56 Å². The molecule has 2 aromatic rings. The normalized spacial score (nSPS) is 27.6. The SMILES string of the molecule is C[C@@H]1O[C@@H](O)[C@@H](OC(=O)c2ccccc2)[C@H](O)[C@@H]1OC(=O)c1ccccc1. The minimum atomic E-state index is -1.55. The molecular weight excluding hydrogens is 352 g/mol. The Hall–Kier alpha value is -2.74. The molecule has 0 radical (unpaired) electrons. The van der Waals surface area contributed by atoms with Crippen LogP contribution in [0.4, 0.5) is 0 Å². The van der Waals surface area contributed by atoms with Crippen LogP contribution in [0.2, 0.25) is 0 Å². The predicted molar refractivity (Wildman–Crippen MR) is 93.9 cm³/mol. The third kappa shape index (κ3) is 4.33. The van der Waals surface area contributed by atoms with Crippen LogP contribution < -0.4 is 0 Å². The van der Waals surface area contributed by atoms with Gasteiger partial charge in [-0.25, -0.2) is 9.59 Å². The zero-order chi connectivity index (χ0) is 19.4. The Kier molecular flexibility index (Phi) is 5.85. The summed E-state index contributed by atoms with van der Waals surface area (Å²) in [6.45, 7) is 1.55. The molecule has 1 aliphatic heterocycles. The summed E-state index contributed by atoms with van der Waals surface area (Å²) in [5.74, 6) is -1.38.